The summed E-state index contributed by atoms with van der Waals surface area (Å²) in [4.78, 5) is 2.20. The van der Waals surface area contributed by atoms with Crippen molar-refractivity contribution in [3.05, 3.63) is 28.8 Å². The first-order chi connectivity index (χ1) is 9.86. The molecule has 2 atom stereocenters. The minimum absolute atomic E-state index is 0.178. The molecule has 2 aliphatic rings. The van der Waals surface area contributed by atoms with Crippen LogP contribution in [0.1, 0.15) is 37.7 Å². The molecule has 2 nitrogen and oxygen atoms in total. The van der Waals surface area contributed by atoms with Gasteiger partial charge in [0.2, 0.25) is 0 Å². The second kappa shape index (κ2) is 5.36. The lowest BCUT2D eigenvalue weighted by Crippen LogP contribution is -2.55. The van der Waals surface area contributed by atoms with E-state index in [9.17, 15) is 13.2 Å². The number of nitrogens with two attached hydrogens (primary N) is 1. The second-order valence-corrected chi connectivity index (χ2v) is 6.45. The highest BCUT2D eigenvalue weighted by molar-refractivity contribution is 6.33. The van der Waals surface area contributed by atoms with Crippen molar-refractivity contribution in [3.8, 4) is 0 Å². The predicted molar refractivity (Wildman–Crippen MR) is 77.6 cm³/mol. The van der Waals surface area contributed by atoms with E-state index < -0.39 is 11.7 Å². The SMILES string of the molecule is NC1CC2CCCC(C1)N2c1ccc(C(F)(F)F)cc1Cl. The number of hydrogen-bond donors (Lipinski definition) is 1. The lowest BCUT2D eigenvalue weighted by Gasteiger charge is -2.50. The standard InChI is InChI=1S/C15H18ClF3N2/c16-13-6-9(15(17,18)19)4-5-14(13)21-11-2-1-3-12(21)8-10(20)7-11/h4-6,10-12H,1-3,7-8,20H2. The quantitative estimate of drug-likeness (QED) is 0.840. The van der Waals surface area contributed by atoms with Crippen molar-refractivity contribution in [1.29, 1.82) is 0 Å². The van der Waals surface area contributed by atoms with Gasteiger partial charge in [-0.15, -0.1) is 0 Å². The van der Waals surface area contributed by atoms with E-state index in [0.717, 1.165) is 44.2 Å². The van der Waals surface area contributed by atoms with Crippen LogP contribution in [-0.4, -0.2) is 18.1 Å². The molecule has 2 unspecified atom stereocenters. The zero-order valence-electron chi connectivity index (χ0n) is 11.5. The van der Waals surface area contributed by atoms with Gasteiger partial charge < -0.3 is 10.6 Å². The lowest BCUT2D eigenvalue weighted by atomic mass is 9.81. The number of rotatable bonds is 1. The van der Waals surface area contributed by atoms with Crippen LogP contribution in [0.4, 0.5) is 18.9 Å². The maximum atomic E-state index is 12.7. The van der Waals surface area contributed by atoms with Gasteiger partial charge in [-0.25, -0.2) is 0 Å². The molecule has 0 amide bonds. The Morgan fingerprint density at radius 3 is 2.29 bits per heavy atom. The molecule has 2 saturated heterocycles. The van der Waals surface area contributed by atoms with Crippen LogP contribution in [-0.2, 0) is 6.18 Å². The fourth-order valence-electron chi connectivity index (χ4n) is 3.71. The topological polar surface area (TPSA) is 29.3 Å². The number of nitrogens with zero attached hydrogens (tertiary/aromatic N) is 1. The number of piperidine rings is 2. The highest BCUT2D eigenvalue weighted by atomic mass is 35.5. The molecule has 2 aliphatic heterocycles. The molecule has 0 radical (unpaired) electrons. The van der Waals surface area contributed by atoms with Crippen molar-refractivity contribution in [2.24, 2.45) is 5.73 Å². The largest absolute Gasteiger partial charge is 0.416 e. The highest BCUT2D eigenvalue weighted by Crippen LogP contribution is 2.42. The van der Waals surface area contributed by atoms with Crippen LogP contribution >= 0.6 is 11.6 Å². The van der Waals surface area contributed by atoms with Crippen LogP contribution in [0.25, 0.3) is 0 Å². The van der Waals surface area contributed by atoms with Crippen LogP contribution in [0.15, 0.2) is 18.2 Å². The molecule has 2 bridgehead atoms. The molecule has 21 heavy (non-hydrogen) atoms. The van der Waals surface area contributed by atoms with Gasteiger partial charge in [0, 0.05) is 18.1 Å². The van der Waals surface area contributed by atoms with Gasteiger partial charge >= 0.3 is 6.18 Å². The van der Waals surface area contributed by atoms with E-state index in [-0.39, 0.29) is 11.1 Å². The van der Waals surface area contributed by atoms with Crippen molar-refractivity contribution in [2.75, 3.05) is 4.90 Å². The Hall–Kier alpha value is -0.940. The van der Waals surface area contributed by atoms with Crippen LogP contribution in [0.5, 0.6) is 0 Å². The van der Waals surface area contributed by atoms with Gasteiger partial charge in [0.05, 0.1) is 16.3 Å². The van der Waals surface area contributed by atoms with Crippen LogP contribution in [0.3, 0.4) is 0 Å². The van der Waals surface area contributed by atoms with E-state index in [1.807, 2.05) is 0 Å². The molecule has 116 valence electrons. The van der Waals surface area contributed by atoms with Crippen LogP contribution in [0.2, 0.25) is 5.02 Å². The van der Waals surface area contributed by atoms with E-state index >= 15 is 0 Å². The summed E-state index contributed by atoms with van der Waals surface area (Å²) < 4.78 is 38.2. The summed E-state index contributed by atoms with van der Waals surface area (Å²) in [6.45, 7) is 0. The van der Waals surface area contributed by atoms with Gasteiger partial charge in [-0.3, -0.25) is 0 Å². The molecular weight excluding hydrogens is 301 g/mol. The smallest absolute Gasteiger partial charge is 0.364 e. The zero-order chi connectivity index (χ0) is 15.2. The summed E-state index contributed by atoms with van der Waals surface area (Å²) in [7, 11) is 0. The summed E-state index contributed by atoms with van der Waals surface area (Å²) in [5.41, 5.74) is 6.09. The molecule has 2 heterocycles. The van der Waals surface area contributed by atoms with Gasteiger partial charge in [0.25, 0.3) is 0 Å². The minimum atomic E-state index is -4.36. The average molecular weight is 319 g/mol. The first kappa shape index (κ1) is 15.0. The molecule has 6 heteroatoms. The molecule has 3 rings (SSSR count). The molecule has 2 fully saturated rings. The van der Waals surface area contributed by atoms with E-state index in [2.05, 4.69) is 4.90 Å². The first-order valence-corrected chi connectivity index (χ1v) is 7.64. The van der Waals surface area contributed by atoms with E-state index in [0.29, 0.717) is 17.8 Å². The third-order valence-electron chi connectivity index (χ3n) is 4.56. The number of alkyl halides is 3. The Bertz CT molecular complexity index is 518. The van der Waals surface area contributed by atoms with Crippen molar-refractivity contribution < 1.29 is 13.2 Å². The molecule has 0 saturated carbocycles. The number of benzene rings is 1. The van der Waals surface area contributed by atoms with E-state index in [1.54, 1.807) is 0 Å². The number of fused-ring (bicyclic) bond motifs is 2. The highest BCUT2D eigenvalue weighted by Gasteiger charge is 2.38. The maximum absolute atomic E-state index is 12.7. The van der Waals surface area contributed by atoms with Crippen molar-refractivity contribution in [3.63, 3.8) is 0 Å². The van der Waals surface area contributed by atoms with Gasteiger partial charge in [-0.2, -0.15) is 13.2 Å². The van der Waals surface area contributed by atoms with Crippen molar-refractivity contribution >= 4 is 17.3 Å². The molecule has 1 aromatic rings. The molecule has 0 aliphatic carbocycles. The molecule has 0 spiro atoms. The third-order valence-corrected chi connectivity index (χ3v) is 4.87. The summed E-state index contributed by atoms with van der Waals surface area (Å²) >= 11 is 6.14. The number of hydrogen-bond acceptors (Lipinski definition) is 2. The Morgan fingerprint density at radius 2 is 1.76 bits per heavy atom. The van der Waals surface area contributed by atoms with Crippen molar-refractivity contribution in [2.45, 2.75) is 56.4 Å². The normalized spacial score (nSPS) is 29.6. The summed E-state index contributed by atoms with van der Waals surface area (Å²) in [5, 5.41) is 0.178. The van der Waals surface area contributed by atoms with E-state index in [1.165, 1.54) is 6.07 Å². The van der Waals surface area contributed by atoms with Crippen molar-refractivity contribution in [1.82, 2.24) is 0 Å². The Morgan fingerprint density at radius 1 is 1.14 bits per heavy atom. The second-order valence-electron chi connectivity index (χ2n) is 6.04. The Balaban J connectivity index is 1.93. The summed E-state index contributed by atoms with van der Waals surface area (Å²) in [5.74, 6) is 0. The third kappa shape index (κ3) is 2.86. The van der Waals surface area contributed by atoms with Crippen LogP contribution < -0.4 is 10.6 Å². The minimum Gasteiger partial charge on any atom is -0.364 e. The monoisotopic (exact) mass is 318 g/mol. The fraction of sp³-hybridized carbons (Fsp3) is 0.600. The Kier molecular flexibility index (Phi) is 3.82. The van der Waals surface area contributed by atoms with Gasteiger partial charge in [-0.05, 0) is 50.3 Å². The van der Waals surface area contributed by atoms with Gasteiger partial charge in [0.1, 0.15) is 0 Å². The molecular formula is C15H18ClF3N2. The zero-order valence-corrected chi connectivity index (χ0v) is 12.3. The molecule has 1 aromatic carbocycles. The molecule has 2 N–H and O–H groups in total. The number of anilines is 1. The summed E-state index contributed by atoms with van der Waals surface area (Å²) in [6.07, 6.45) is 0.615. The average Bonchev–Trinajstić information content (AvgIpc) is 2.37. The molecule has 0 aromatic heterocycles. The number of halogens is 4. The van der Waals surface area contributed by atoms with Crippen LogP contribution in [0, 0.1) is 0 Å². The predicted octanol–water partition coefficient (Wildman–Crippen LogP) is 4.21. The Labute approximate surface area is 127 Å². The van der Waals surface area contributed by atoms with E-state index in [4.69, 9.17) is 17.3 Å². The van der Waals surface area contributed by atoms with Gasteiger partial charge in [0.15, 0.2) is 0 Å². The fourth-order valence-corrected chi connectivity index (χ4v) is 3.99. The lowest BCUT2D eigenvalue weighted by molar-refractivity contribution is -0.137. The first-order valence-electron chi connectivity index (χ1n) is 7.27. The maximum Gasteiger partial charge on any atom is 0.416 e. The van der Waals surface area contributed by atoms with Gasteiger partial charge in [-0.1, -0.05) is 11.6 Å². The summed E-state index contributed by atoms with van der Waals surface area (Å²) in [6, 6.07) is 4.42.